The molecule has 13 heteroatoms. The number of aromatic nitrogens is 5. The highest BCUT2D eigenvalue weighted by Crippen LogP contribution is 2.40. The van der Waals surface area contributed by atoms with Crippen LogP contribution in [0.1, 0.15) is 16.9 Å². The standard InChI is InChI=1S/C30H28F2N8O3/c1-39-22-9-8-20(37-30(42)21-10-12-35-28(36-21)24-18(31)5-3-6-19(24)32)27(40-14-16(33)13-17(40)15-41)25(22)38-29(39)26-23(43-2)7-4-11-34-26/h3-12,16-17,41H,13-15,33H2,1-2H3,(H,37,42)/t16-,17+/m1/s1. The van der Waals surface area contributed by atoms with E-state index in [4.69, 9.17) is 15.5 Å². The number of aliphatic hydroxyl groups excluding tert-OH is 1. The molecule has 4 N–H and O–H groups in total. The summed E-state index contributed by atoms with van der Waals surface area (Å²) in [6.07, 6.45) is 3.45. The molecular weight excluding hydrogens is 558 g/mol. The fourth-order valence-corrected chi connectivity index (χ4v) is 5.47. The molecular formula is C30H28F2N8O3. The molecule has 0 unspecified atom stereocenters. The van der Waals surface area contributed by atoms with E-state index in [1.807, 2.05) is 22.6 Å². The molecule has 220 valence electrons. The van der Waals surface area contributed by atoms with E-state index < -0.39 is 23.1 Å². The lowest BCUT2D eigenvalue weighted by atomic mass is 10.1. The fraction of sp³-hybridized carbons (Fsp3) is 0.233. The Labute approximate surface area is 245 Å². The molecule has 1 aliphatic rings. The highest BCUT2D eigenvalue weighted by Gasteiger charge is 2.34. The number of amides is 1. The van der Waals surface area contributed by atoms with Crippen LogP contribution in [-0.4, -0.2) is 67.9 Å². The van der Waals surface area contributed by atoms with E-state index in [1.165, 1.54) is 18.3 Å². The number of pyridine rings is 1. The molecule has 0 bridgehead atoms. The third kappa shape index (κ3) is 5.02. The van der Waals surface area contributed by atoms with Crippen molar-refractivity contribution in [2.24, 2.45) is 12.8 Å². The van der Waals surface area contributed by atoms with Gasteiger partial charge in [-0.25, -0.2) is 28.7 Å². The molecule has 4 heterocycles. The zero-order valence-corrected chi connectivity index (χ0v) is 23.3. The summed E-state index contributed by atoms with van der Waals surface area (Å²) in [6, 6.07) is 11.3. The van der Waals surface area contributed by atoms with E-state index in [0.717, 1.165) is 17.6 Å². The minimum atomic E-state index is -0.846. The first-order valence-electron chi connectivity index (χ1n) is 13.5. The molecule has 1 fully saturated rings. The summed E-state index contributed by atoms with van der Waals surface area (Å²) >= 11 is 0. The number of hydrogen-bond donors (Lipinski definition) is 3. The Balaban J connectivity index is 1.46. The fourth-order valence-electron chi connectivity index (χ4n) is 5.47. The summed E-state index contributed by atoms with van der Waals surface area (Å²) in [5, 5.41) is 13.1. The van der Waals surface area contributed by atoms with Crippen molar-refractivity contribution in [1.29, 1.82) is 0 Å². The summed E-state index contributed by atoms with van der Waals surface area (Å²) < 4.78 is 36.2. The van der Waals surface area contributed by atoms with Crippen LogP contribution in [0.2, 0.25) is 0 Å². The zero-order valence-electron chi connectivity index (χ0n) is 23.3. The van der Waals surface area contributed by atoms with Gasteiger partial charge in [-0.3, -0.25) is 4.79 Å². The monoisotopic (exact) mass is 586 g/mol. The molecule has 2 atom stereocenters. The molecule has 43 heavy (non-hydrogen) atoms. The van der Waals surface area contributed by atoms with Crippen LogP contribution in [0.15, 0.2) is 60.9 Å². The van der Waals surface area contributed by atoms with Gasteiger partial charge in [-0.2, -0.15) is 0 Å². The second-order valence-corrected chi connectivity index (χ2v) is 10.2. The number of fused-ring (bicyclic) bond motifs is 1. The highest BCUT2D eigenvalue weighted by atomic mass is 19.1. The van der Waals surface area contributed by atoms with Gasteiger partial charge in [-0.1, -0.05) is 6.07 Å². The van der Waals surface area contributed by atoms with Crippen molar-refractivity contribution in [3.05, 3.63) is 78.3 Å². The molecule has 0 spiro atoms. The van der Waals surface area contributed by atoms with Crippen molar-refractivity contribution < 1.29 is 23.4 Å². The lowest BCUT2D eigenvalue weighted by molar-refractivity contribution is 0.102. The van der Waals surface area contributed by atoms with Gasteiger partial charge in [-0.05, 0) is 48.9 Å². The molecule has 0 aliphatic carbocycles. The predicted molar refractivity (Wildman–Crippen MR) is 157 cm³/mol. The SMILES string of the molecule is COc1cccnc1-c1nc2c(N3C[C@H](N)C[C@H]3CO)c(NC(=O)c3ccnc(-c4c(F)cccc4F)n3)ccc2n1C. The Morgan fingerprint density at radius 2 is 1.88 bits per heavy atom. The van der Waals surface area contributed by atoms with Crippen LogP contribution in [-0.2, 0) is 7.05 Å². The maximum atomic E-state index is 14.4. The van der Waals surface area contributed by atoms with Gasteiger partial charge in [0.15, 0.2) is 11.6 Å². The second kappa shape index (κ2) is 11.3. The number of carbonyl (C=O) groups excluding carboxylic acids is 1. The van der Waals surface area contributed by atoms with Crippen molar-refractivity contribution in [3.63, 3.8) is 0 Å². The number of carbonyl (C=O) groups is 1. The van der Waals surface area contributed by atoms with Gasteiger partial charge in [0.2, 0.25) is 0 Å². The first-order valence-corrected chi connectivity index (χ1v) is 13.5. The smallest absolute Gasteiger partial charge is 0.274 e. The van der Waals surface area contributed by atoms with Gasteiger partial charge < -0.3 is 30.4 Å². The highest BCUT2D eigenvalue weighted by molar-refractivity contribution is 6.09. The third-order valence-corrected chi connectivity index (χ3v) is 7.50. The molecule has 1 saturated heterocycles. The number of nitrogens with two attached hydrogens (primary N) is 1. The van der Waals surface area contributed by atoms with Gasteiger partial charge in [-0.15, -0.1) is 0 Å². The van der Waals surface area contributed by atoms with Crippen LogP contribution in [0, 0.1) is 11.6 Å². The average molecular weight is 587 g/mol. The summed E-state index contributed by atoms with van der Waals surface area (Å²) in [6.45, 7) is 0.255. The van der Waals surface area contributed by atoms with E-state index in [9.17, 15) is 18.7 Å². The van der Waals surface area contributed by atoms with Gasteiger partial charge >= 0.3 is 0 Å². The van der Waals surface area contributed by atoms with Crippen molar-refractivity contribution in [2.45, 2.75) is 18.5 Å². The summed E-state index contributed by atoms with van der Waals surface area (Å²) in [4.78, 5) is 33.0. The minimum absolute atomic E-state index is 0.101. The van der Waals surface area contributed by atoms with E-state index in [-0.39, 0.29) is 30.2 Å². The Bertz CT molecular complexity index is 1830. The Kier molecular flexibility index (Phi) is 7.42. The molecule has 1 amide bonds. The molecule has 11 nitrogen and oxygen atoms in total. The molecule has 5 aromatic rings. The van der Waals surface area contributed by atoms with Gasteiger partial charge in [0, 0.05) is 32.0 Å². The average Bonchev–Trinajstić information content (AvgIpc) is 3.55. The maximum absolute atomic E-state index is 14.4. The zero-order chi connectivity index (χ0) is 30.2. The summed E-state index contributed by atoms with van der Waals surface area (Å²) in [5.41, 5.74) is 8.55. The number of hydrogen-bond acceptors (Lipinski definition) is 9. The molecule has 1 aliphatic heterocycles. The lowest BCUT2D eigenvalue weighted by Crippen LogP contribution is -2.34. The molecule has 6 rings (SSSR count). The maximum Gasteiger partial charge on any atom is 0.274 e. The largest absolute Gasteiger partial charge is 0.494 e. The van der Waals surface area contributed by atoms with Crippen LogP contribution in [0.25, 0.3) is 33.9 Å². The minimum Gasteiger partial charge on any atom is -0.494 e. The van der Waals surface area contributed by atoms with Gasteiger partial charge in [0.05, 0.1) is 42.2 Å². The lowest BCUT2D eigenvalue weighted by Gasteiger charge is -2.28. The normalized spacial score (nSPS) is 16.6. The van der Waals surface area contributed by atoms with E-state index in [0.29, 0.717) is 47.1 Å². The van der Waals surface area contributed by atoms with E-state index in [2.05, 4.69) is 20.3 Å². The second-order valence-electron chi connectivity index (χ2n) is 10.2. The Hall–Kier alpha value is -5.01. The van der Waals surface area contributed by atoms with Crippen molar-refractivity contribution in [2.75, 3.05) is 30.5 Å². The van der Waals surface area contributed by atoms with Crippen LogP contribution in [0.4, 0.5) is 20.2 Å². The number of benzene rings is 2. The number of aryl methyl sites for hydroxylation is 1. The molecule has 0 radical (unpaired) electrons. The first-order chi connectivity index (χ1) is 20.8. The van der Waals surface area contributed by atoms with Crippen LogP contribution >= 0.6 is 0 Å². The third-order valence-electron chi connectivity index (χ3n) is 7.50. The van der Waals surface area contributed by atoms with E-state index >= 15 is 0 Å². The number of methoxy groups -OCH3 is 1. The van der Waals surface area contributed by atoms with Crippen molar-refractivity contribution in [1.82, 2.24) is 24.5 Å². The van der Waals surface area contributed by atoms with Gasteiger partial charge in [0.25, 0.3) is 5.91 Å². The van der Waals surface area contributed by atoms with Gasteiger partial charge in [0.1, 0.15) is 34.3 Å². The Morgan fingerprint density at radius 1 is 1.09 bits per heavy atom. The Morgan fingerprint density at radius 3 is 2.63 bits per heavy atom. The topological polar surface area (TPSA) is 144 Å². The van der Waals surface area contributed by atoms with Crippen molar-refractivity contribution in [3.8, 4) is 28.7 Å². The first kappa shape index (κ1) is 28.1. The number of rotatable bonds is 7. The summed E-state index contributed by atoms with van der Waals surface area (Å²) in [5.74, 6) is -1.51. The quantitative estimate of drug-likeness (QED) is 0.261. The molecule has 0 saturated carbocycles. The van der Waals surface area contributed by atoms with Crippen molar-refractivity contribution >= 4 is 28.3 Å². The number of anilines is 2. The number of ether oxygens (including phenoxy) is 1. The van der Waals surface area contributed by atoms with Crippen LogP contribution in [0.3, 0.4) is 0 Å². The number of imidazole rings is 1. The molecule has 3 aromatic heterocycles. The van der Waals surface area contributed by atoms with E-state index in [1.54, 1.807) is 31.5 Å². The van der Waals surface area contributed by atoms with Crippen LogP contribution < -0.4 is 20.7 Å². The number of nitrogens with one attached hydrogen (secondary N) is 1. The number of aliphatic hydroxyl groups is 1. The number of nitrogens with zero attached hydrogens (tertiary/aromatic N) is 6. The van der Waals surface area contributed by atoms with Crippen LogP contribution in [0.5, 0.6) is 5.75 Å². The number of halogens is 2. The molecule has 2 aromatic carbocycles. The predicted octanol–water partition coefficient (Wildman–Crippen LogP) is 3.53. The summed E-state index contributed by atoms with van der Waals surface area (Å²) in [7, 11) is 3.41.